The van der Waals surface area contributed by atoms with Gasteiger partial charge in [-0.1, -0.05) is 24.3 Å². The molecule has 4 heterocycles. The predicted octanol–water partition coefficient (Wildman–Crippen LogP) is 4.10. The lowest BCUT2D eigenvalue weighted by atomic mass is 10.1. The van der Waals surface area contributed by atoms with Gasteiger partial charge in [0, 0.05) is 23.3 Å². The molecule has 23 heavy (non-hydrogen) atoms. The molecule has 0 saturated carbocycles. The van der Waals surface area contributed by atoms with Crippen LogP contribution < -0.4 is 0 Å². The van der Waals surface area contributed by atoms with Crippen LogP contribution in [0.5, 0.6) is 0 Å². The number of fused-ring (bicyclic) bond motifs is 4. The number of rotatable bonds is 1. The molecule has 0 saturated heterocycles. The van der Waals surface area contributed by atoms with Gasteiger partial charge in [-0.25, -0.2) is 4.52 Å². The van der Waals surface area contributed by atoms with Crippen LogP contribution in [0.1, 0.15) is 0 Å². The summed E-state index contributed by atoms with van der Waals surface area (Å²) >= 11 is 0. The maximum atomic E-state index is 4.77. The van der Waals surface area contributed by atoms with Crippen molar-refractivity contribution >= 4 is 27.5 Å². The zero-order chi connectivity index (χ0) is 15.2. The molecule has 0 atom stereocenters. The summed E-state index contributed by atoms with van der Waals surface area (Å²) in [6, 6.07) is 20.4. The molecule has 4 aromatic heterocycles. The number of pyridine rings is 3. The van der Waals surface area contributed by atoms with Crippen molar-refractivity contribution in [2.24, 2.45) is 0 Å². The highest BCUT2D eigenvalue weighted by Crippen LogP contribution is 2.24. The van der Waals surface area contributed by atoms with Gasteiger partial charge < -0.3 is 0 Å². The number of hydrogen-bond acceptors (Lipinski definition) is 3. The topological polar surface area (TPSA) is 43.1 Å². The Morgan fingerprint density at radius 2 is 1.74 bits per heavy atom. The first-order valence-corrected chi connectivity index (χ1v) is 7.47. The average molecular weight is 296 g/mol. The molecule has 4 heteroatoms. The first-order chi connectivity index (χ1) is 11.4. The third-order valence-corrected chi connectivity index (χ3v) is 4.08. The average Bonchev–Trinajstić information content (AvgIpc) is 3.06. The Morgan fingerprint density at radius 3 is 2.74 bits per heavy atom. The van der Waals surface area contributed by atoms with Crippen LogP contribution in [0.2, 0.25) is 0 Å². The van der Waals surface area contributed by atoms with Gasteiger partial charge in [-0.15, -0.1) is 0 Å². The molecule has 108 valence electrons. The normalized spacial score (nSPS) is 11.5. The fourth-order valence-electron chi connectivity index (χ4n) is 2.94. The molecule has 0 bridgehead atoms. The van der Waals surface area contributed by atoms with Gasteiger partial charge in [-0.05, 0) is 36.4 Å². The minimum atomic E-state index is 0.881. The molecule has 0 N–H and O–H groups in total. The fourth-order valence-corrected chi connectivity index (χ4v) is 2.94. The van der Waals surface area contributed by atoms with Gasteiger partial charge in [-0.2, -0.15) is 5.10 Å². The number of para-hydroxylation sites is 1. The van der Waals surface area contributed by atoms with Gasteiger partial charge in [-0.3, -0.25) is 9.97 Å². The molecule has 0 aliphatic carbocycles. The molecule has 4 nitrogen and oxygen atoms in total. The molecule has 0 spiro atoms. The van der Waals surface area contributed by atoms with Crippen LogP contribution in [0.15, 0.2) is 73.1 Å². The van der Waals surface area contributed by atoms with Crippen molar-refractivity contribution in [2.75, 3.05) is 0 Å². The smallest absolute Gasteiger partial charge is 0.0950 e. The van der Waals surface area contributed by atoms with E-state index in [2.05, 4.69) is 40.3 Å². The first-order valence-electron chi connectivity index (χ1n) is 7.47. The van der Waals surface area contributed by atoms with Gasteiger partial charge in [0.05, 0.1) is 27.8 Å². The van der Waals surface area contributed by atoms with Crippen LogP contribution in [-0.4, -0.2) is 19.6 Å². The van der Waals surface area contributed by atoms with Gasteiger partial charge in [0.1, 0.15) is 0 Å². The zero-order valence-electron chi connectivity index (χ0n) is 12.2. The van der Waals surface area contributed by atoms with Gasteiger partial charge in [0.25, 0.3) is 0 Å². The zero-order valence-corrected chi connectivity index (χ0v) is 12.2. The Hall–Kier alpha value is -3.27. The molecule has 0 aliphatic rings. The number of benzene rings is 1. The van der Waals surface area contributed by atoms with E-state index in [1.54, 1.807) is 6.20 Å². The Labute approximate surface area is 132 Å². The predicted molar refractivity (Wildman–Crippen MR) is 91.2 cm³/mol. The summed E-state index contributed by atoms with van der Waals surface area (Å²) in [5.41, 5.74) is 5.82. The molecule has 1 aromatic carbocycles. The van der Waals surface area contributed by atoms with Crippen LogP contribution in [-0.2, 0) is 0 Å². The van der Waals surface area contributed by atoms with Crippen molar-refractivity contribution in [3.8, 4) is 11.3 Å². The van der Waals surface area contributed by atoms with E-state index in [9.17, 15) is 0 Å². The van der Waals surface area contributed by atoms with Crippen molar-refractivity contribution in [3.05, 3.63) is 73.1 Å². The maximum absolute atomic E-state index is 4.77. The second-order valence-corrected chi connectivity index (χ2v) is 5.52. The molecule has 0 fully saturated rings. The third-order valence-electron chi connectivity index (χ3n) is 4.08. The van der Waals surface area contributed by atoms with Crippen LogP contribution in [0.25, 0.3) is 38.7 Å². The summed E-state index contributed by atoms with van der Waals surface area (Å²) in [4.78, 5) is 8.85. The van der Waals surface area contributed by atoms with E-state index in [0.29, 0.717) is 0 Å². The highest BCUT2D eigenvalue weighted by Gasteiger charge is 2.08. The molecular weight excluding hydrogens is 284 g/mol. The molecule has 0 radical (unpaired) electrons. The summed E-state index contributed by atoms with van der Waals surface area (Å²) in [7, 11) is 0. The van der Waals surface area contributed by atoms with Gasteiger partial charge >= 0.3 is 0 Å². The van der Waals surface area contributed by atoms with Crippen molar-refractivity contribution in [2.45, 2.75) is 0 Å². The second kappa shape index (κ2) is 4.61. The first kappa shape index (κ1) is 12.3. The molecular formula is C19H12N4. The summed E-state index contributed by atoms with van der Waals surface area (Å²) in [5.74, 6) is 0. The van der Waals surface area contributed by atoms with Crippen LogP contribution >= 0.6 is 0 Å². The Balaban J connectivity index is 1.76. The standard InChI is InChI=1S/C19H12N4/c1-2-6-19-13(4-1)7-8-15-11-17(22-23(15)19)14-10-18-16(21-12-14)5-3-9-20-18/h1-12H. The third kappa shape index (κ3) is 1.89. The summed E-state index contributed by atoms with van der Waals surface area (Å²) in [6.07, 6.45) is 3.64. The quantitative estimate of drug-likeness (QED) is 0.468. The molecule has 0 aliphatic heterocycles. The summed E-state index contributed by atoms with van der Waals surface area (Å²) in [6.45, 7) is 0. The second-order valence-electron chi connectivity index (χ2n) is 5.52. The molecule has 0 unspecified atom stereocenters. The largest absolute Gasteiger partial charge is 0.255 e. The Kier molecular flexibility index (Phi) is 2.46. The lowest BCUT2D eigenvalue weighted by Gasteiger charge is -2.00. The number of nitrogens with zero attached hydrogens (tertiary/aromatic N) is 4. The van der Waals surface area contributed by atoms with E-state index >= 15 is 0 Å². The highest BCUT2D eigenvalue weighted by molar-refractivity contribution is 5.84. The molecule has 5 rings (SSSR count). The highest BCUT2D eigenvalue weighted by atomic mass is 15.2. The van der Waals surface area contributed by atoms with E-state index in [1.165, 1.54) is 5.39 Å². The number of hydrogen-bond donors (Lipinski definition) is 0. The van der Waals surface area contributed by atoms with E-state index in [4.69, 9.17) is 5.10 Å². The lowest BCUT2D eigenvalue weighted by Crippen LogP contribution is -1.90. The van der Waals surface area contributed by atoms with Gasteiger partial charge in [0.2, 0.25) is 0 Å². The van der Waals surface area contributed by atoms with E-state index < -0.39 is 0 Å². The van der Waals surface area contributed by atoms with Crippen molar-refractivity contribution < 1.29 is 0 Å². The maximum Gasteiger partial charge on any atom is 0.0950 e. The van der Waals surface area contributed by atoms with Crippen molar-refractivity contribution in [1.29, 1.82) is 0 Å². The monoisotopic (exact) mass is 296 g/mol. The van der Waals surface area contributed by atoms with Gasteiger partial charge in [0.15, 0.2) is 0 Å². The van der Waals surface area contributed by atoms with E-state index in [1.807, 2.05) is 41.0 Å². The SMILES string of the molecule is c1ccc2c(c1)ccc1cc(-c3cnc4cccnc4c3)nn12. The Morgan fingerprint density at radius 1 is 0.783 bits per heavy atom. The van der Waals surface area contributed by atoms with Crippen LogP contribution in [0.3, 0.4) is 0 Å². The summed E-state index contributed by atoms with van der Waals surface area (Å²) in [5, 5.41) is 5.94. The van der Waals surface area contributed by atoms with E-state index in [0.717, 1.165) is 33.3 Å². The molecule has 0 amide bonds. The minimum absolute atomic E-state index is 0.881. The Bertz CT molecular complexity index is 1170. The minimum Gasteiger partial charge on any atom is -0.255 e. The van der Waals surface area contributed by atoms with E-state index in [-0.39, 0.29) is 0 Å². The van der Waals surface area contributed by atoms with Crippen molar-refractivity contribution in [1.82, 2.24) is 19.6 Å². The fraction of sp³-hybridized carbons (Fsp3) is 0. The summed E-state index contributed by atoms with van der Waals surface area (Å²) < 4.78 is 1.98. The van der Waals surface area contributed by atoms with Crippen molar-refractivity contribution in [3.63, 3.8) is 0 Å². The number of aromatic nitrogens is 4. The van der Waals surface area contributed by atoms with Crippen LogP contribution in [0.4, 0.5) is 0 Å². The lowest BCUT2D eigenvalue weighted by molar-refractivity contribution is 1.01. The molecule has 5 aromatic rings. The van der Waals surface area contributed by atoms with Crippen LogP contribution in [0, 0.1) is 0 Å².